The zero-order valence-corrected chi connectivity index (χ0v) is 15.0. The quantitative estimate of drug-likeness (QED) is 0.630. The average molecular weight is 375 g/mol. The molecule has 0 fully saturated rings. The Kier molecular flexibility index (Phi) is 5.96. The van der Waals surface area contributed by atoms with E-state index in [0.717, 1.165) is 24.3 Å². The monoisotopic (exact) mass is 375 g/mol. The second-order valence-corrected chi connectivity index (χ2v) is 6.63. The van der Waals surface area contributed by atoms with Crippen LogP contribution in [0.5, 0.6) is 5.75 Å². The highest BCUT2D eigenvalue weighted by atomic mass is 32.1. The van der Waals surface area contributed by atoms with Gasteiger partial charge in [-0.05, 0) is 42.8 Å². The van der Waals surface area contributed by atoms with Gasteiger partial charge in [0, 0.05) is 6.42 Å². The van der Waals surface area contributed by atoms with Crippen LogP contribution in [0.15, 0.2) is 40.8 Å². The SMILES string of the molecule is CCCCc1nnc(NC(=O)c2ccc(COc3ccc(F)cc3)o2)s1. The van der Waals surface area contributed by atoms with Crippen LogP contribution >= 0.6 is 11.3 Å². The van der Waals surface area contributed by atoms with Crippen LogP contribution in [0, 0.1) is 5.82 Å². The first-order valence-electron chi connectivity index (χ1n) is 8.25. The molecule has 0 atom stereocenters. The van der Waals surface area contributed by atoms with Gasteiger partial charge in [0.15, 0.2) is 5.76 Å². The van der Waals surface area contributed by atoms with Crippen LogP contribution in [0.2, 0.25) is 0 Å². The van der Waals surface area contributed by atoms with Crippen molar-refractivity contribution in [3.63, 3.8) is 0 Å². The van der Waals surface area contributed by atoms with Crippen molar-refractivity contribution >= 4 is 22.4 Å². The molecule has 26 heavy (non-hydrogen) atoms. The first-order valence-corrected chi connectivity index (χ1v) is 9.06. The molecule has 3 aromatic rings. The molecule has 0 aliphatic rings. The van der Waals surface area contributed by atoms with Crippen LogP contribution in [-0.4, -0.2) is 16.1 Å². The topological polar surface area (TPSA) is 77.2 Å². The lowest BCUT2D eigenvalue weighted by molar-refractivity contribution is 0.0992. The van der Waals surface area contributed by atoms with E-state index in [1.165, 1.54) is 35.6 Å². The highest BCUT2D eigenvalue weighted by Crippen LogP contribution is 2.19. The van der Waals surface area contributed by atoms with Crippen LogP contribution in [0.4, 0.5) is 9.52 Å². The van der Waals surface area contributed by atoms with E-state index in [1.54, 1.807) is 12.1 Å². The molecular formula is C18H18FN3O3S. The summed E-state index contributed by atoms with van der Waals surface area (Å²) < 4.78 is 23.8. The molecule has 0 spiro atoms. The molecule has 0 aliphatic carbocycles. The number of carbonyl (C=O) groups is 1. The summed E-state index contributed by atoms with van der Waals surface area (Å²) in [5.74, 6) is 0.440. The third-order valence-electron chi connectivity index (χ3n) is 3.51. The number of unbranched alkanes of at least 4 members (excludes halogenated alkanes) is 1. The number of anilines is 1. The highest BCUT2D eigenvalue weighted by Gasteiger charge is 2.14. The van der Waals surface area contributed by atoms with Gasteiger partial charge in [0.2, 0.25) is 5.13 Å². The van der Waals surface area contributed by atoms with E-state index >= 15 is 0 Å². The number of hydrogen-bond acceptors (Lipinski definition) is 6. The van der Waals surface area contributed by atoms with Crippen molar-refractivity contribution in [1.82, 2.24) is 10.2 Å². The van der Waals surface area contributed by atoms with E-state index in [1.807, 2.05) is 0 Å². The highest BCUT2D eigenvalue weighted by molar-refractivity contribution is 7.15. The first kappa shape index (κ1) is 18.1. The summed E-state index contributed by atoms with van der Waals surface area (Å²) in [6.07, 6.45) is 2.98. The van der Waals surface area contributed by atoms with Crippen molar-refractivity contribution in [2.75, 3.05) is 5.32 Å². The van der Waals surface area contributed by atoms with Crippen molar-refractivity contribution in [3.05, 3.63) is 58.7 Å². The van der Waals surface area contributed by atoms with E-state index in [9.17, 15) is 9.18 Å². The number of benzene rings is 1. The Morgan fingerprint density at radius 1 is 1.23 bits per heavy atom. The molecule has 1 N–H and O–H groups in total. The van der Waals surface area contributed by atoms with Gasteiger partial charge in [-0.2, -0.15) is 0 Å². The normalized spacial score (nSPS) is 10.7. The lowest BCUT2D eigenvalue weighted by Crippen LogP contribution is -2.10. The predicted octanol–water partition coefficient (Wildman–Crippen LogP) is 4.44. The van der Waals surface area contributed by atoms with Gasteiger partial charge in [-0.25, -0.2) is 4.39 Å². The Morgan fingerprint density at radius 2 is 2.04 bits per heavy atom. The summed E-state index contributed by atoms with van der Waals surface area (Å²) in [6, 6.07) is 8.90. The van der Waals surface area contributed by atoms with Crippen molar-refractivity contribution in [2.45, 2.75) is 32.8 Å². The Morgan fingerprint density at radius 3 is 2.81 bits per heavy atom. The molecule has 0 aliphatic heterocycles. The van der Waals surface area contributed by atoms with Crippen LogP contribution in [0.3, 0.4) is 0 Å². The van der Waals surface area contributed by atoms with E-state index in [2.05, 4.69) is 22.4 Å². The zero-order chi connectivity index (χ0) is 18.4. The Hall–Kier alpha value is -2.74. The lowest BCUT2D eigenvalue weighted by Gasteiger charge is -2.03. The van der Waals surface area contributed by atoms with E-state index in [0.29, 0.717) is 16.6 Å². The van der Waals surface area contributed by atoms with Gasteiger partial charge in [-0.1, -0.05) is 24.7 Å². The molecular weight excluding hydrogens is 357 g/mol. The maximum absolute atomic E-state index is 12.9. The molecule has 0 radical (unpaired) electrons. The maximum Gasteiger partial charge on any atom is 0.293 e. The Balaban J connectivity index is 1.54. The zero-order valence-electron chi connectivity index (χ0n) is 14.2. The molecule has 2 heterocycles. The van der Waals surface area contributed by atoms with Crippen molar-refractivity contribution < 1.29 is 18.3 Å². The fourth-order valence-electron chi connectivity index (χ4n) is 2.15. The van der Waals surface area contributed by atoms with E-state index < -0.39 is 5.91 Å². The van der Waals surface area contributed by atoms with Gasteiger partial charge >= 0.3 is 0 Å². The minimum atomic E-state index is -0.392. The number of halogens is 1. The van der Waals surface area contributed by atoms with E-state index in [4.69, 9.17) is 9.15 Å². The van der Waals surface area contributed by atoms with Gasteiger partial charge in [0.05, 0.1) is 0 Å². The summed E-state index contributed by atoms with van der Waals surface area (Å²) in [6.45, 7) is 2.25. The Bertz CT molecular complexity index is 861. The van der Waals surface area contributed by atoms with Crippen LogP contribution in [0.25, 0.3) is 0 Å². The Labute approximate surface area is 154 Å². The number of nitrogens with one attached hydrogen (secondary N) is 1. The summed E-state index contributed by atoms with van der Waals surface area (Å²) in [5, 5.41) is 12.0. The number of aryl methyl sites for hydroxylation is 1. The number of amides is 1. The molecule has 0 saturated heterocycles. The third-order valence-corrected chi connectivity index (χ3v) is 4.41. The molecule has 8 heteroatoms. The standard InChI is InChI=1S/C18H18FN3O3S/c1-2-3-4-16-21-22-18(26-16)20-17(23)15-10-9-14(25-15)11-24-13-7-5-12(19)6-8-13/h5-10H,2-4,11H2,1H3,(H,20,22,23). The van der Waals surface area contributed by atoms with Gasteiger partial charge in [-0.3, -0.25) is 10.1 Å². The molecule has 1 amide bonds. The number of furan rings is 1. The second kappa shape index (κ2) is 8.57. The molecule has 0 bridgehead atoms. The van der Waals surface area contributed by atoms with Crippen LogP contribution < -0.4 is 10.1 Å². The number of nitrogens with zero attached hydrogens (tertiary/aromatic N) is 2. The summed E-state index contributed by atoms with van der Waals surface area (Å²) in [7, 11) is 0. The fraction of sp³-hybridized carbons (Fsp3) is 0.278. The number of aromatic nitrogens is 2. The van der Waals surface area contributed by atoms with Gasteiger partial charge < -0.3 is 9.15 Å². The lowest BCUT2D eigenvalue weighted by atomic mass is 10.3. The molecule has 0 saturated carbocycles. The fourth-order valence-corrected chi connectivity index (χ4v) is 2.93. The smallest absolute Gasteiger partial charge is 0.293 e. The van der Waals surface area contributed by atoms with Crippen LogP contribution in [0.1, 0.15) is 41.1 Å². The largest absolute Gasteiger partial charge is 0.486 e. The number of rotatable bonds is 8. The summed E-state index contributed by atoms with van der Waals surface area (Å²) in [4.78, 5) is 12.2. The average Bonchev–Trinajstić information content (AvgIpc) is 3.29. The van der Waals surface area contributed by atoms with Gasteiger partial charge in [-0.15, -0.1) is 10.2 Å². The molecule has 2 aromatic heterocycles. The number of carbonyl (C=O) groups excluding carboxylic acids is 1. The van der Waals surface area contributed by atoms with Crippen molar-refractivity contribution in [2.24, 2.45) is 0 Å². The van der Waals surface area contributed by atoms with Crippen LogP contribution in [-0.2, 0) is 13.0 Å². The molecule has 0 unspecified atom stereocenters. The van der Waals surface area contributed by atoms with Crippen molar-refractivity contribution in [3.8, 4) is 5.75 Å². The molecule has 1 aromatic carbocycles. The van der Waals surface area contributed by atoms with E-state index in [-0.39, 0.29) is 18.2 Å². The first-order chi connectivity index (χ1) is 12.6. The van der Waals surface area contributed by atoms with Gasteiger partial charge in [0.1, 0.15) is 28.9 Å². The third kappa shape index (κ3) is 4.89. The minimum absolute atomic E-state index is 0.138. The molecule has 6 nitrogen and oxygen atoms in total. The second-order valence-electron chi connectivity index (χ2n) is 5.57. The van der Waals surface area contributed by atoms with Crippen molar-refractivity contribution in [1.29, 1.82) is 0 Å². The number of ether oxygens (including phenoxy) is 1. The molecule has 3 rings (SSSR count). The molecule has 136 valence electrons. The number of hydrogen-bond donors (Lipinski definition) is 1. The minimum Gasteiger partial charge on any atom is -0.486 e. The van der Waals surface area contributed by atoms with Gasteiger partial charge in [0.25, 0.3) is 5.91 Å². The summed E-state index contributed by atoms with van der Waals surface area (Å²) in [5.41, 5.74) is 0. The predicted molar refractivity (Wildman–Crippen MR) is 95.9 cm³/mol. The summed E-state index contributed by atoms with van der Waals surface area (Å²) >= 11 is 1.36. The maximum atomic E-state index is 12.9.